The van der Waals surface area contributed by atoms with Crippen LogP contribution in [0.25, 0.3) is 33.4 Å². The smallest absolute Gasteiger partial charge is 0.133 e. The lowest BCUT2D eigenvalue weighted by Gasteiger charge is -2.76. The molecule has 7 unspecified atom stereocenters. The van der Waals surface area contributed by atoms with E-state index < -0.39 is 0 Å². The first-order chi connectivity index (χ1) is 27.9. The van der Waals surface area contributed by atoms with Crippen molar-refractivity contribution >= 4 is 11.4 Å². The largest absolute Gasteiger partial charge is 0.311 e. The quantitative estimate of drug-likeness (QED) is 0.173. The highest BCUT2D eigenvalue weighted by Gasteiger charge is 2.84. The molecule has 13 rings (SSSR count). The van der Waals surface area contributed by atoms with Crippen LogP contribution < -0.4 is 4.90 Å². The molecular weight excluding hydrogens is 694 g/mol. The summed E-state index contributed by atoms with van der Waals surface area (Å²) in [6.45, 7) is 4.66. The third-order valence-corrected chi connectivity index (χ3v) is 16.8. The summed E-state index contributed by atoms with van der Waals surface area (Å²) in [5, 5.41) is 0. The molecule has 5 aromatic carbocycles. The van der Waals surface area contributed by atoms with E-state index in [1.165, 1.54) is 70.2 Å². The summed E-state index contributed by atoms with van der Waals surface area (Å²) in [5.41, 5.74) is 17.8. The minimum absolute atomic E-state index is 0.132. The van der Waals surface area contributed by atoms with Crippen molar-refractivity contribution in [1.82, 2.24) is 0 Å². The van der Waals surface area contributed by atoms with E-state index in [1.807, 2.05) is 6.07 Å². The van der Waals surface area contributed by atoms with E-state index in [-0.39, 0.29) is 16.6 Å². The van der Waals surface area contributed by atoms with Gasteiger partial charge < -0.3 is 4.90 Å². The van der Waals surface area contributed by atoms with Crippen LogP contribution in [0.15, 0.2) is 151 Å². The topological polar surface area (TPSA) is 3.24 Å². The number of halogens is 1. The van der Waals surface area contributed by atoms with Gasteiger partial charge in [-0.05, 0) is 172 Å². The molecule has 0 aliphatic heterocycles. The van der Waals surface area contributed by atoms with Crippen LogP contribution in [0.1, 0.15) is 81.0 Å². The molecule has 7 atom stereocenters. The van der Waals surface area contributed by atoms with Crippen LogP contribution in [0.2, 0.25) is 0 Å². The molecule has 0 N–H and O–H groups in total. The number of hydrogen-bond acceptors (Lipinski definition) is 1. The predicted molar refractivity (Wildman–Crippen MR) is 231 cm³/mol. The number of hydrogen-bond donors (Lipinski definition) is 0. The summed E-state index contributed by atoms with van der Waals surface area (Å²) >= 11 is 0. The Morgan fingerprint density at radius 2 is 1.37 bits per heavy atom. The number of rotatable bonds is 5. The Hall–Kier alpha value is -5.21. The van der Waals surface area contributed by atoms with Crippen LogP contribution in [-0.4, -0.2) is 0 Å². The first kappa shape index (κ1) is 32.8. The normalized spacial score (nSPS) is 30.8. The van der Waals surface area contributed by atoms with E-state index in [2.05, 4.69) is 146 Å². The molecule has 8 aliphatic rings. The van der Waals surface area contributed by atoms with Crippen molar-refractivity contribution in [3.05, 3.63) is 179 Å². The monoisotopic (exact) mass is 741 g/mol. The van der Waals surface area contributed by atoms with E-state index in [9.17, 15) is 0 Å². The zero-order valence-electron chi connectivity index (χ0n) is 32.9. The average molecular weight is 742 g/mol. The molecule has 1 nitrogen and oxygen atoms in total. The van der Waals surface area contributed by atoms with Gasteiger partial charge in [0.2, 0.25) is 0 Å². The summed E-state index contributed by atoms with van der Waals surface area (Å²) in [7, 11) is 0. The number of fused-ring (bicyclic) bond motifs is 11. The second-order valence-electron chi connectivity index (χ2n) is 19.3. The number of allylic oxidation sites excluding steroid dienone is 7. The van der Waals surface area contributed by atoms with Crippen molar-refractivity contribution in [2.24, 2.45) is 35.0 Å². The van der Waals surface area contributed by atoms with E-state index in [0.717, 1.165) is 65.6 Å². The van der Waals surface area contributed by atoms with Gasteiger partial charge in [0.15, 0.2) is 0 Å². The van der Waals surface area contributed by atoms with Gasteiger partial charge >= 0.3 is 0 Å². The van der Waals surface area contributed by atoms with Crippen molar-refractivity contribution in [1.29, 1.82) is 0 Å². The van der Waals surface area contributed by atoms with Crippen molar-refractivity contribution in [3.8, 4) is 33.4 Å². The minimum Gasteiger partial charge on any atom is -0.311 e. The second kappa shape index (κ2) is 11.3. The summed E-state index contributed by atoms with van der Waals surface area (Å²) in [5.74, 6) is 3.63. The lowest BCUT2D eigenvalue weighted by atomic mass is 9.27. The van der Waals surface area contributed by atoms with Gasteiger partial charge in [-0.1, -0.05) is 111 Å². The van der Waals surface area contributed by atoms with Crippen LogP contribution in [-0.2, 0) is 10.8 Å². The van der Waals surface area contributed by atoms with Gasteiger partial charge in [-0.3, -0.25) is 0 Å². The number of anilines is 2. The van der Waals surface area contributed by atoms with Crippen molar-refractivity contribution in [3.63, 3.8) is 0 Å². The molecule has 2 bridgehead atoms. The van der Waals surface area contributed by atoms with Gasteiger partial charge in [-0.25, -0.2) is 4.39 Å². The molecule has 0 amide bonds. The summed E-state index contributed by atoms with van der Waals surface area (Å²) in [6.07, 6.45) is 22.8. The Morgan fingerprint density at radius 1 is 0.632 bits per heavy atom. The third kappa shape index (κ3) is 4.05. The fraction of sp³-hybridized carbons (Fsp3) is 0.309. The Morgan fingerprint density at radius 3 is 2.14 bits per heavy atom. The number of benzene rings is 5. The lowest BCUT2D eigenvalue weighted by Crippen LogP contribution is -2.73. The fourth-order valence-corrected chi connectivity index (χ4v) is 14.6. The molecule has 4 fully saturated rings. The maximum absolute atomic E-state index is 16.9. The molecule has 4 saturated carbocycles. The maximum atomic E-state index is 16.9. The maximum Gasteiger partial charge on any atom is 0.133 e. The highest BCUT2D eigenvalue weighted by molar-refractivity contribution is 5.88. The van der Waals surface area contributed by atoms with E-state index in [1.54, 1.807) is 11.6 Å². The van der Waals surface area contributed by atoms with Crippen LogP contribution in [0.4, 0.5) is 15.8 Å². The minimum atomic E-state index is -0.180. The molecule has 0 heterocycles. The molecular formula is C55H48FN. The van der Waals surface area contributed by atoms with Crippen LogP contribution >= 0.6 is 0 Å². The predicted octanol–water partition coefficient (Wildman–Crippen LogP) is 14.0. The Bertz CT molecular complexity index is 2720. The number of nitrogens with zero attached hydrogens (tertiary/aromatic N) is 1. The van der Waals surface area contributed by atoms with Gasteiger partial charge in [0.1, 0.15) is 5.82 Å². The van der Waals surface area contributed by atoms with E-state index >= 15 is 4.39 Å². The molecule has 5 aromatic rings. The van der Waals surface area contributed by atoms with Gasteiger partial charge in [-0.15, -0.1) is 0 Å². The van der Waals surface area contributed by atoms with Crippen LogP contribution in [0.5, 0.6) is 0 Å². The molecule has 0 aromatic heterocycles. The highest BCUT2D eigenvalue weighted by atomic mass is 19.1. The van der Waals surface area contributed by atoms with E-state index in [0.29, 0.717) is 16.9 Å². The molecule has 57 heavy (non-hydrogen) atoms. The van der Waals surface area contributed by atoms with Crippen molar-refractivity contribution in [2.75, 3.05) is 4.90 Å². The summed E-state index contributed by atoms with van der Waals surface area (Å²) < 4.78 is 16.9. The zero-order valence-corrected chi connectivity index (χ0v) is 32.9. The first-order valence-electron chi connectivity index (χ1n) is 21.7. The second-order valence-corrected chi connectivity index (χ2v) is 19.3. The molecule has 280 valence electrons. The van der Waals surface area contributed by atoms with Gasteiger partial charge in [-0.2, -0.15) is 0 Å². The SMILES string of the molecule is CC1(C)c2ccccc2-c2ccc(N(C3=CCC(C4=CCCC=C4)C=C3)c3ccc(-c4ccc5c(c4)-c4ccccc4C54C5CC6CC7CC4C75C6)c(F)c3)cc21. The molecule has 2 spiro atoms. The van der Waals surface area contributed by atoms with Crippen LogP contribution in [0, 0.1) is 40.8 Å². The Kier molecular flexibility index (Phi) is 6.48. The van der Waals surface area contributed by atoms with Gasteiger partial charge in [0, 0.05) is 39.4 Å². The average Bonchev–Trinajstić information content (AvgIpc) is 3.93. The molecule has 0 saturated heterocycles. The standard InChI is InChI=1S/C55H48FN/c1-53(2)46-14-8-6-12-42(46)44-24-22-39(30-49(44)53)57(38-19-16-35(17-20-38)34-10-4-3-5-11-34)40-21-23-41(50(56)31-40)36-18-25-48-45(28-36)43-13-7-9-15-47(43)55(48)51-27-33-26-37-29-52(55)54(37,51)32-33/h4,6-16,18-25,28,30-31,33,35,37,51-52H,3,5,17,26-27,29,32H2,1-2H3. The fourth-order valence-electron chi connectivity index (χ4n) is 14.6. The van der Waals surface area contributed by atoms with Crippen LogP contribution in [0.3, 0.4) is 0 Å². The molecule has 0 radical (unpaired) electrons. The first-order valence-corrected chi connectivity index (χ1v) is 21.7. The summed E-state index contributed by atoms with van der Waals surface area (Å²) in [4.78, 5) is 2.28. The zero-order chi connectivity index (χ0) is 37.8. The van der Waals surface area contributed by atoms with Crippen molar-refractivity contribution < 1.29 is 4.39 Å². The lowest BCUT2D eigenvalue weighted by molar-refractivity contribution is -0.231. The third-order valence-electron chi connectivity index (χ3n) is 16.8. The van der Waals surface area contributed by atoms with E-state index in [4.69, 9.17) is 0 Å². The highest BCUT2D eigenvalue weighted by Crippen LogP contribution is 2.89. The Balaban J connectivity index is 0.893. The van der Waals surface area contributed by atoms with Crippen molar-refractivity contribution in [2.45, 2.75) is 69.6 Å². The van der Waals surface area contributed by atoms with Gasteiger partial charge in [0.05, 0.1) is 0 Å². The Labute approximate surface area is 336 Å². The molecule has 8 aliphatic carbocycles. The molecule has 2 heteroatoms. The van der Waals surface area contributed by atoms with Gasteiger partial charge in [0.25, 0.3) is 0 Å². The summed E-state index contributed by atoms with van der Waals surface area (Å²) in [6, 6.07) is 37.8.